The van der Waals surface area contributed by atoms with Gasteiger partial charge in [-0.25, -0.2) is 0 Å². The van der Waals surface area contributed by atoms with Crippen molar-refractivity contribution >= 4 is 5.97 Å². The Balaban J connectivity index is 2.36. The molecule has 0 aromatic rings. The molecule has 0 amide bonds. The Morgan fingerprint density at radius 3 is 2.76 bits per heavy atom. The molecule has 1 saturated carbocycles. The summed E-state index contributed by atoms with van der Waals surface area (Å²) in [7, 11) is 0. The summed E-state index contributed by atoms with van der Waals surface area (Å²) in [6.45, 7) is 8.59. The first kappa shape index (κ1) is 18.4. The van der Waals surface area contributed by atoms with E-state index in [9.17, 15) is 9.90 Å². The summed E-state index contributed by atoms with van der Waals surface area (Å²) >= 11 is 0. The first-order valence-electron chi connectivity index (χ1n) is 8.20. The largest absolute Gasteiger partial charge is 0.480 e. The molecule has 2 atom stereocenters. The first-order valence-corrected chi connectivity index (χ1v) is 8.20. The van der Waals surface area contributed by atoms with Gasteiger partial charge in [-0.15, -0.1) is 0 Å². The van der Waals surface area contributed by atoms with Crippen LogP contribution in [0.1, 0.15) is 52.9 Å². The van der Waals surface area contributed by atoms with Gasteiger partial charge in [0.15, 0.2) is 0 Å². The number of ether oxygens (including phenoxy) is 2. The average molecular weight is 301 g/mol. The molecular weight excluding hydrogens is 270 g/mol. The Bertz CT molecular complexity index is 309. The quantitative estimate of drug-likeness (QED) is 0.574. The minimum Gasteiger partial charge on any atom is -0.480 e. The van der Waals surface area contributed by atoms with Crippen molar-refractivity contribution < 1.29 is 19.4 Å². The van der Waals surface area contributed by atoms with Gasteiger partial charge in [0.1, 0.15) is 5.54 Å². The Labute approximate surface area is 128 Å². The molecule has 5 nitrogen and oxygen atoms in total. The number of carbonyl (C=O) groups is 1. The molecule has 0 aromatic carbocycles. The molecule has 0 radical (unpaired) electrons. The molecule has 0 aliphatic heterocycles. The van der Waals surface area contributed by atoms with Crippen LogP contribution in [0.4, 0.5) is 0 Å². The number of carboxylic acid groups (broad SMARTS) is 1. The topological polar surface area (TPSA) is 67.8 Å². The lowest BCUT2D eigenvalue weighted by atomic mass is 9.84. The van der Waals surface area contributed by atoms with Gasteiger partial charge in [-0.2, -0.15) is 0 Å². The summed E-state index contributed by atoms with van der Waals surface area (Å²) in [6, 6.07) is 0. The number of hydrogen-bond acceptors (Lipinski definition) is 4. The number of rotatable bonds is 11. The van der Waals surface area contributed by atoms with E-state index in [0.29, 0.717) is 19.8 Å². The lowest BCUT2D eigenvalue weighted by Crippen LogP contribution is -2.55. The van der Waals surface area contributed by atoms with E-state index in [4.69, 9.17) is 9.47 Å². The fourth-order valence-corrected chi connectivity index (χ4v) is 3.08. The predicted molar refractivity (Wildman–Crippen MR) is 82.5 cm³/mol. The number of aliphatic carboxylic acids is 1. The summed E-state index contributed by atoms with van der Waals surface area (Å²) in [5.41, 5.74) is -0.742. The summed E-state index contributed by atoms with van der Waals surface area (Å²) in [6.07, 6.45) is 4.64. The highest BCUT2D eigenvalue weighted by molar-refractivity contribution is 5.79. The minimum absolute atomic E-state index is 0.160. The van der Waals surface area contributed by atoms with Gasteiger partial charge in [0, 0.05) is 6.61 Å². The van der Waals surface area contributed by atoms with Gasteiger partial charge in [-0.3, -0.25) is 4.79 Å². The smallest absolute Gasteiger partial charge is 0.324 e. The molecule has 1 fully saturated rings. The zero-order valence-electron chi connectivity index (χ0n) is 13.7. The highest BCUT2D eigenvalue weighted by Crippen LogP contribution is 2.38. The summed E-state index contributed by atoms with van der Waals surface area (Å²) < 4.78 is 11.0. The average Bonchev–Trinajstić information content (AvgIpc) is 2.84. The SMILES string of the molecule is CCCNC1(C(=O)O)CCCC1CCOCCOC(C)C. The van der Waals surface area contributed by atoms with E-state index in [0.717, 1.165) is 38.6 Å². The van der Waals surface area contributed by atoms with Crippen LogP contribution in [-0.4, -0.2) is 49.1 Å². The van der Waals surface area contributed by atoms with Gasteiger partial charge >= 0.3 is 5.97 Å². The fraction of sp³-hybridized carbons (Fsp3) is 0.938. The third kappa shape index (κ3) is 5.57. The van der Waals surface area contributed by atoms with Crippen LogP contribution in [0.25, 0.3) is 0 Å². The lowest BCUT2D eigenvalue weighted by molar-refractivity contribution is -0.147. The predicted octanol–water partition coefficient (Wildman–Crippen LogP) is 2.44. The molecule has 1 aliphatic rings. The maximum Gasteiger partial charge on any atom is 0.324 e. The molecule has 21 heavy (non-hydrogen) atoms. The standard InChI is InChI=1S/C16H31NO4/c1-4-9-17-16(15(18)19)8-5-6-14(16)7-10-20-11-12-21-13(2)3/h13-14,17H,4-12H2,1-3H3,(H,18,19). The highest BCUT2D eigenvalue weighted by Gasteiger charge is 2.48. The van der Waals surface area contributed by atoms with Crippen molar-refractivity contribution in [3.05, 3.63) is 0 Å². The van der Waals surface area contributed by atoms with Crippen LogP contribution >= 0.6 is 0 Å². The molecular formula is C16H31NO4. The summed E-state index contributed by atoms with van der Waals surface area (Å²) in [4.78, 5) is 11.7. The van der Waals surface area contributed by atoms with Crippen LogP contribution in [0.5, 0.6) is 0 Å². The van der Waals surface area contributed by atoms with Gasteiger partial charge < -0.3 is 19.9 Å². The van der Waals surface area contributed by atoms with Crippen LogP contribution in [0.2, 0.25) is 0 Å². The molecule has 124 valence electrons. The fourth-order valence-electron chi connectivity index (χ4n) is 3.08. The zero-order chi connectivity index (χ0) is 15.7. The lowest BCUT2D eigenvalue weighted by Gasteiger charge is -2.32. The summed E-state index contributed by atoms with van der Waals surface area (Å²) in [5, 5.41) is 12.9. The molecule has 5 heteroatoms. The molecule has 0 heterocycles. The van der Waals surface area contributed by atoms with Gasteiger partial charge in [-0.1, -0.05) is 13.3 Å². The summed E-state index contributed by atoms with van der Waals surface area (Å²) in [5.74, 6) is -0.547. The normalized spacial score (nSPS) is 25.6. The van der Waals surface area contributed by atoms with E-state index < -0.39 is 11.5 Å². The van der Waals surface area contributed by atoms with E-state index in [1.165, 1.54) is 0 Å². The highest BCUT2D eigenvalue weighted by atomic mass is 16.5. The number of hydrogen-bond donors (Lipinski definition) is 2. The second kappa shape index (κ2) is 9.38. The van der Waals surface area contributed by atoms with Crippen molar-refractivity contribution in [3.8, 4) is 0 Å². The van der Waals surface area contributed by atoms with E-state index in [1.807, 2.05) is 13.8 Å². The molecule has 1 aliphatic carbocycles. The van der Waals surface area contributed by atoms with Crippen LogP contribution in [0.3, 0.4) is 0 Å². The van der Waals surface area contributed by atoms with Crippen LogP contribution in [0, 0.1) is 5.92 Å². The molecule has 0 saturated heterocycles. The Morgan fingerprint density at radius 2 is 2.14 bits per heavy atom. The Kier molecular flexibility index (Phi) is 8.22. The minimum atomic E-state index is -0.742. The Hall–Kier alpha value is -0.650. The van der Waals surface area contributed by atoms with Crippen molar-refractivity contribution in [2.45, 2.75) is 64.5 Å². The first-order chi connectivity index (χ1) is 10.0. The van der Waals surface area contributed by atoms with Crippen molar-refractivity contribution in [1.82, 2.24) is 5.32 Å². The van der Waals surface area contributed by atoms with Crippen LogP contribution < -0.4 is 5.32 Å². The van der Waals surface area contributed by atoms with E-state index in [1.54, 1.807) is 0 Å². The Morgan fingerprint density at radius 1 is 1.38 bits per heavy atom. The van der Waals surface area contributed by atoms with E-state index in [-0.39, 0.29) is 12.0 Å². The third-order valence-electron chi connectivity index (χ3n) is 4.18. The van der Waals surface area contributed by atoms with Gasteiger partial charge in [0.2, 0.25) is 0 Å². The van der Waals surface area contributed by atoms with Crippen molar-refractivity contribution in [2.75, 3.05) is 26.4 Å². The number of nitrogens with one attached hydrogen (secondary N) is 1. The monoisotopic (exact) mass is 301 g/mol. The van der Waals surface area contributed by atoms with Crippen molar-refractivity contribution in [1.29, 1.82) is 0 Å². The van der Waals surface area contributed by atoms with Crippen LogP contribution in [-0.2, 0) is 14.3 Å². The van der Waals surface area contributed by atoms with Crippen molar-refractivity contribution in [2.24, 2.45) is 5.92 Å². The molecule has 0 spiro atoms. The van der Waals surface area contributed by atoms with Gasteiger partial charge in [0.05, 0.1) is 19.3 Å². The maximum absolute atomic E-state index is 11.7. The third-order valence-corrected chi connectivity index (χ3v) is 4.18. The van der Waals surface area contributed by atoms with E-state index in [2.05, 4.69) is 12.2 Å². The van der Waals surface area contributed by atoms with E-state index >= 15 is 0 Å². The second-order valence-corrected chi connectivity index (χ2v) is 6.11. The molecule has 2 unspecified atom stereocenters. The van der Waals surface area contributed by atoms with Crippen LogP contribution in [0.15, 0.2) is 0 Å². The molecule has 2 N–H and O–H groups in total. The van der Waals surface area contributed by atoms with Gasteiger partial charge in [-0.05, 0) is 52.0 Å². The zero-order valence-corrected chi connectivity index (χ0v) is 13.7. The number of carboxylic acids is 1. The van der Waals surface area contributed by atoms with Gasteiger partial charge in [0.25, 0.3) is 0 Å². The second-order valence-electron chi connectivity index (χ2n) is 6.11. The molecule has 0 bridgehead atoms. The van der Waals surface area contributed by atoms with Crippen molar-refractivity contribution in [3.63, 3.8) is 0 Å². The maximum atomic E-state index is 11.7. The molecule has 0 aromatic heterocycles. The molecule has 1 rings (SSSR count).